The molecule has 0 bridgehead atoms. The molecule has 6 nitrogen and oxygen atoms in total. The molecule has 0 aliphatic carbocycles. The Balaban J connectivity index is 1.70. The van der Waals surface area contributed by atoms with Gasteiger partial charge >= 0.3 is 0 Å². The molecule has 2 N–H and O–H groups in total. The number of aryl methyl sites for hydroxylation is 1. The van der Waals surface area contributed by atoms with Crippen molar-refractivity contribution in [2.45, 2.75) is 44.2 Å². The molecule has 1 aliphatic rings. The molecular weight excluding hydrogens is 398 g/mol. The van der Waals surface area contributed by atoms with E-state index < -0.39 is 10.0 Å². The molecule has 0 unspecified atom stereocenters. The van der Waals surface area contributed by atoms with Crippen LogP contribution >= 0.6 is 0 Å². The quantitative estimate of drug-likeness (QED) is 0.703. The second-order valence-corrected chi connectivity index (χ2v) is 10.3. The Morgan fingerprint density at radius 1 is 1.00 bits per heavy atom. The fraction of sp³-hybridized carbons (Fsp3) is 0.435. The van der Waals surface area contributed by atoms with Crippen molar-refractivity contribution in [3.05, 3.63) is 64.7 Å². The van der Waals surface area contributed by atoms with Gasteiger partial charge in [0.2, 0.25) is 10.0 Å². The zero-order valence-electron chi connectivity index (χ0n) is 18.1. The lowest BCUT2D eigenvalue weighted by atomic mass is 10.1. The van der Waals surface area contributed by atoms with Gasteiger partial charge < -0.3 is 10.2 Å². The number of quaternary nitrogens is 1. The Morgan fingerprint density at radius 2 is 1.63 bits per heavy atom. The van der Waals surface area contributed by atoms with Gasteiger partial charge in [-0.15, -0.1) is 0 Å². The van der Waals surface area contributed by atoms with Gasteiger partial charge in [-0.3, -0.25) is 4.79 Å². The highest BCUT2D eigenvalue weighted by atomic mass is 32.2. The molecule has 162 valence electrons. The van der Waals surface area contributed by atoms with Crippen LogP contribution in [0.15, 0.2) is 47.4 Å². The second-order valence-electron chi connectivity index (χ2n) is 8.32. The van der Waals surface area contributed by atoms with Gasteiger partial charge in [-0.2, -0.15) is 4.31 Å². The molecule has 1 fully saturated rings. The van der Waals surface area contributed by atoms with Crippen LogP contribution in [-0.4, -0.2) is 45.8 Å². The summed E-state index contributed by atoms with van der Waals surface area (Å²) in [4.78, 5) is 14.3. The number of hydrogen-bond acceptors (Lipinski definition) is 3. The molecule has 0 saturated carbocycles. The van der Waals surface area contributed by atoms with Crippen molar-refractivity contribution in [1.82, 2.24) is 9.62 Å². The summed E-state index contributed by atoms with van der Waals surface area (Å²) in [5, 5.41) is 2.92. The van der Waals surface area contributed by atoms with Crippen LogP contribution in [0.25, 0.3) is 0 Å². The fourth-order valence-corrected chi connectivity index (χ4v) is 5.27. The minimum Gasteiger partial charge on any atom is -0.348 e. The van der Waals surface area contributed by atoms with Gasteiger partial charge in [0.05, 0.1) is 19.0 Å². The van der Waals surface area contributed by atoms with E-state index in [1.54, 1.807) is 12.1 Å². The van der Waals surface area contributed by atoms with Gasteiger partial charge in [0.25, 0.3) is 5.91 Å². The fourth-order valence-electron chi connectivity index (χ4n) is 3.72. The standard InChI is InChI=1S/C23H31N3O3S/c1-18-7-12-21(30(28,29)26-13-5-4-6-14-26)15-22(18)23(27)24-16-19-8-10-20(11-9-19)17-25(2)3/h7-12,15H,4-6,13-14,16-17H2,1-3H3,(H,24,27)/p+1. The van der Waals surface area contributed by atoms with Crippen molar-refractivity contribution in [2.24, 2.45) is 0 Å². The zero-order chi connectivity index (χ0) is 21.7. The summed E-state index contributed by atoms with van der Waals surface area (Å²) in [5.41, 5.74) is 3.42. The van der Waals surface area contributed by atoms with Crippen LogP contribution in [0.5, 0.6) is 0 Å². The number of nitrogens with zero attached hydrogens (tertiary/aromatic N) is 1. The smallest absolute Gasteiger partial charge is 0.251 e. The SMILES string of the molecule is Cc1ccc(S(=O)(=O)N2CCCCC2)cc1C(=O)NCc1ccc(C[NH+](C)C)cc1. The lowest BCUT2D eigenvalue weighted by Gasteiger charge is -2.26. The van der Waals surface area contributed by atoms with Crippen LogP contribution < -0.4 is 10.2 Å². The first-order chi connectivity index (χ1) is 14.3. The van der Waals surface area contributed by atoms with Crippen LogP contribution in [0.2, 0.25) is 0 Å². The average Bonchev–Trinajstić information content (AvgIpc) is 2.73. The van der Waals surface area contributed by atoms with Crippen molar-refractivity contribution in [3.8, 4) is 0 Å². The third-order valence-corrected chi connectivity index (χ3v) is 7.33. The van der Waals surface area contributed by atoms with Crippen molar-refractivity contribution >= 4 is 15.9 Å². The third-order valence-electron chi connectivity index (χ3n) is 5.44. The highest BCUT2D eigenvalue weighted by molar-refractivity contribution is 7.89. The van der Waals surface area contributed by atoms with Crippen LogP contribution in [-0.2, 0) is 23.1 Å². The predicted octanol–water partition coefficient (Wildman–Crippen LogP) is 1.74. The molecule has 7 heteroatoms. The summed E-state index contributed by atoms with van der Waals surface area (Å²) in [6.07, 6.45) is 2.82. The largest absolute Gasteiger partial charge is 0.348 e. The van der Waals surface area contributed by atoms with E-state index in [1.165, 1.54) is 20.8 Å². The molecule has 1 amide bonds. The summed E-state index contributed by atoms with van der Waals surface area (Å²) in [6, 6.07) is 13.0. The van der Waals surface area contributed by atoms with Crippen LogP contribution in [0.4, 0.5) is 0 Å². The highest BCUT2D eigenvalue weighted by Crippen LogP contribution is 2.23. The number of carbonyl (C=O) groups excluding carboxylic acids is 1. The van der Waals surface area contributed by atoms with Crippen molar-refractivity contribution < 1.29 is 18.1 Å². The molecule has 0 spiro atoms. The highest BCUT2D eigenvalue weighted by Gasteiger charge is 2.27. The molecule has 30 heavy (non-hydrogen) atoms. The maximum atomic E-state index is 13.0. The molecule has 0 aromatic heterocycles. The molecular formula is C23H32N3O3S+. The summed E-state index contributed by atoms with van der Waals surface area (Å²) < 4.78 is 27.4. The van der Waals surface area contributed by atoms with Crippen LogP contribution in [0, 0.1) is 6.92 Å². The summed E-state index contributed by atoms with van der Waals surface area (Å²) >= 11 is 0. The lowest BCUT2D eigenvalue weighted by Crippen LogP contribution is -3.04. The molecule has 1 saturated heterocycles. The first-order valence-corrected chi connectivity index (χ1v) is 12.0. The van der Waals surface area contributed by atoms with Gasteiger partial charge in [0, 0.05) is 30.8 Å². The molecule has 2 aromatic carbocycles. The third kappa shape index (κ3) is 5.47. The number of amides is 1. The van der Waals surface area contributed by atoms with Gasteiger partial charge in [-0.1, -0.05) is 36.8 Å². The van der Waals surface area contributed by atoms with Gasteiger partial charge in [-0.05, 0) is 43.0 Å². The van der Waals surface area contributed by atoms with E-state index >= 15 is 0 Å². The van der Waals surface area contributed by atoms with Crippen molar-refractivity contribution in [2.75, 3.05) is 27.2 Å². The molecule has 3 rings (SSSR count). The maximum Gasteiger partial charge on any atom is 0.251 e. The Morgan fingerprint density at radius 3 is 2.27 bits per heavy atom. The minimum atomic E-state index is -3.57. The minimum absolute atomic E-state index is 0.190. The first kappa shape index (κ1) is 22.5. The Labute approximate surface area is 179 Å². The van der Waals surface area contributed by atoms with E-state index in [2.05, 4.69) is 31.5 Å². The summed E-state index contributed by atoms with van der Waals surface area (Å²) in [7, 11) is 0.649. The summed E-state index contributed by atoms with van der Waals surface area (Å²) in [6.45, 7) is 4.26. The molecule has 2 aromatic rings. The van der Waals surface area contributed by atoms with E-state index in [4.69, 9.17) is 0 Å². The Kier molecular flexibility index (Phi) is 7.28. The number of benzene rings is 2. The Hall–Kier alpha value is -2.22. The molecule has 0 atom stereocenters. The number of nitrogens with one attached hydrogen (secondary N) is 2. The Bertz CT molecular complexity index is 979. The number of carbonyl (C=O) groups is 1. The average molecular weight is 431 g/mol. The van der Waals surface area contributed by atoms with Crippen molar-refractivity contribution in [3.63, 3.8) is 0 Å². The van der Waals surface area contributed by atoms with Gasteiger partial charge in [0.15, 0.2) is 0 Å². The summed E-state index contributed by atoms with van der Waals surface area (Å²) in [5.74, 6) is -0.259. The number of piperidine rings is 1. The van der Waals surface area contributed by atoms with E-state index in [0.29, 0.717) is 25.2 Å². The predicted molar refractivity (Wildman–Crippen MR) is 118 cm³/mol. The monoisotopic (exact) mass is 430 g/mol. The zero-order valence-corrected chi connectivity index (χ0v) is 18.9. The lowest BCUT2D eigenvalue weighted by molar-refractivity contribution is -0.872. The van der Waals surface area contributed by atoms with E-state index in [1.807, 2.05) is 19.1 Å². The van der Waals surface area contributed by atoms with Gasteiger partial charge in [-0.25, -0.2) is 8.42 Å². The maximum absolute atomic E-state index is 13.0. The van der Waals surface area contributed by atoms with Gasteiger partial charge in [0.1, 0.15) is 6.54 Å². The van der Waals surface area contributed by atoms with Crippen LogP contribution in [0.1, 0.15) is 46.3 Å². The molecule has 0 radical (unpaired) electrons. The van der Waals surface area contributed by atoms with Crippen LogP contribution in [0.3, 0.4) is 0 Å². The van der Waals surface area contributed by atoms with E-state index in [0.717, 1.165) is 36.9 Å². The number of hydrogen-bond donors (Lipinski definition) is 2. The second kappa shape index (κ2) is 9.73. The number of sulfonamides is 1. The molecule has 1 heterocycles. The normalized spacial score (nSPS) is 15.3. The topological polar surface area (TPSA) is 70.9 Å². The van der Waals surface area contributed by atoms with E-state index in [-0.39, 0.29) is 10.8 Å². The number of rotatable bonds is 7. The van der Waals surface area contributed by atoms with Crippen molar-refractivity contribution in [1.29, 1.82) is 0 Å². The molecule has 1 aliphatic heterocycles. The first-order valence-electron chi connectivity index (χ1n) is 10.5. The van der Waals surface area contributed by atoms with E-state index in [9.17, 15) is 13.2 Å².